The van der Waals surface area contributed by atoms with Crippen LogP contribution in [0.1, 0.15) is 55.4 Å². The standard InChI is InChI=1S/C35H48NO6S2Si/c1-34(2,3)45(5,6)42-35(29-10-7-20-43-29,30-11-8-21-44-30)33(38)40-26-22-27-31-32(41-31)28(23-26)36(27,4)17-9-19-39-25-14-12-24(13-15-25)16-18-37/h7-8,10-15,20-21,26-28,31-32,37H,9,16-19,22-23H2,1-6H3/q+1. The van der Waals surface area contributed by atoms with Gasteiger partial charge in [-0.15, -0.1) is 22.7 Å². The van der Waals surface area contributed by atoms with Crippen LogP contribution in [0.4, 0.5) is 0 Å². The SMILES string of the molecule is CC(C)(C)[Si](C)(C)OC(C(=O)OC1CC2C3OC3C(C1)[N+]2(C)CCCOc1ccc(CCO)cc1)(c1cccs1)c1cccs1. The van der Waals surface area contributed by atoms with Gasteiger partial charge in [-0.25, -0.2) is 4.79 Å². The normalized spacial score (nSPS) is 27.7. The first kappa shape index (κ1) is 32.9. The Labute approximate surface area is 276 Å². The molecule has 4 unspecified atom stereocenters. The lowest BCUT2D eigenvalue weighted by atomic mass is 9.94. The van der Waals surface area contributed by atoms with Crippen LogP contribution in [0.15, 0.2) is 59.3 Å². The van der Waals surface area contributed by atoms with Gasteiger partial charge in [0.15, 0.2) is 8.32 Å². The number of thiophene rings is 2. The number of quaternary nitrogens is 1. The molecule has 7 nitrogen and oxygen atoms in total. The number of benzene rings is 1. The molecule has 3 saturated heterocycles. The summed E-state index contributed by atoms with van der Waals surface area (Å²) in [7, 11) is -0.0494. The van der Waals surface area contributed by atoms with Crippen LogP contribution in [0.2, 0.25) is 18.1 Å². The molecule has 4 atom stereocenters. The minimum atomic E-state index is -2.41. The minimum Gasteiger partial charge on any atom is -0.493 e. The van der Waals surface area contributed by atoms with Crippen LogP contribution in [0.5, 0.6) is 5.75 Å². The van der Waals surface area contributed by atoms with Crippen molar-refractivity contribution in [3.8, 4) is 5.75 Å². The summed E-state index contributed by atoms with van der Waals surface area (Å²) < 4.78 is 26.9. The van der Waals surface area contributed by atoms with Crippen molar-refractivity contribution in [3.05, 3.63) is 74.6 Å². The zero-order valence-corrected chi connectivity index (χ0v) is 30.0. The first-order chi connectivity index (χ1) is 21.4. The van der Waals surface area contributed by atoms with E-state index in [1.54, 1.807) is 22.7 Å². The molecule has 1 N–H and O–H groups in total. The van der Waals surface area contributed by atoms with E-state index in [1.165, 1.54) is 0 Å². The van der Waals surface area contributed by atoms with E-state index in [0.29, 0.717) is 25.1 Å². The van der Waals surface area contributed by atoms with Crippen LogP contribution in [0.25, 0.3) is 0 Å². The van der Waals surface area contributed by atoms with Gasteiger partial charge in [0.1, 0.15) is 36.1 Å². The predicted molar refractivity (Wildman–Crippen MR) is 181 cm³/mol. The number of aliphatic hydroxyl groups excluding tert-OH is 1. The van der Waals surface area contributed by atoms with E-state index in [-0.39, 0.29) is 35.9 Å². The number of likely N-dealkylation sites (N-methyl/N-ethyl adjacent to an activating group) is 1. The lowest BCUT2D eigenvalue weighted by Crippen LogP contribution is -2.63. The molecular formula is C35H48NO6S2Si+. The molecule has 2 aromatic heterocycles. The second-order valence-electron chi connectivity index (χ2n) is 14.6. The lowest BCUT2D eigenvalue weighted by molar-refractivity contribution is -0.956. The number of morpholine rings is 1. The number of carbonyl (C=O) groups excluding carboxylic acids is 1. The van der Waals surface area contributed by atoms with Crippen LogP contribution >= 0.6 is 22.7 Å². The van der Waals surface area contributed by atoms with Gasteiger partial charge in [-0.3, -0.25) is 0 Å². The Bertz CT molecular complexity index is 1380. The highest BCUT2D eigenvalue weighted by Gasteiger charge is 2.72. The first-order valence-electron chi connectivity index (χ1n) is 16.2. The van der Waals surface area contributed by atoms with Crippen LogP contribution in [-0.2, 0) is 30.7 Å². The number of esters is 1. The Morgan fingerprint density at radius 2 is 1.60 bits per heavy atom. The van der Waals surface area contributed by atoms with Gasteiger partial charge in [-0.1, -0.05) is 45.0 Å². The van der Waals surface area contributed by atoms with Crippen molar-refractivity contribution in [2.75, 3.05) is 26.8 Å². The molecule has 0 saturated carbocycles. The molecule has 10 heteroatoms. The highest BCUT2D eigenvalue weighted by atomic mass is 32.1. The number of nitrogens with zero attached hydrogens (tertiary/aromatic N) is 1. The van der Waals surface area contributed by atoms with Crippen LogP contribution < -0.4 is 4.74 Å². The smallest absolute Gasteiger partial charge is 0.348 e. The maximum absolute atomic E-state index is 14.6. The fourth-order valence-corrected chi connectivity index (χ4v) is 10.5. The van der Waals surface area contributed by atoms with Crippen molar-refractivity contribution in [2.24, 2.45) is 0 Å². The zero-order chi connectivity index (χ0) is 32.0. The third-order valence-corrected chi connectivity index (χ3v) is 17.1. The van der Waals surface area contributed by atoms with E-state index in [2.05, 4.69) is 40.9 Å². The number of ether oxygens (including phenoxy) is 3. The van der Waals surface area contributed by atoms with Crippen LogP contribution in [0, 0.1) is 0 Å². The van der Waals surface area contributed by atoms with E-state index < -0.39 is 13.9 Å². The van der Waals surface area contributed by atoms with Crippen molar-refractivity contribution in [2.45, 2.75) is 101 Å². The van der Waals surface area contributed by atoms with Gasteiger partial charge >= 0.3 is 5.97 Å². The summed E-state index contributed by atoms with van der Waals surface area (Å²) in [5, 5.41) is 13.1. The van der Waals surface area contributed by atoms with Crippen molar-refractivity contribution in [1.29, 1.82) is 0 Å². The van der Waals surface area contributed by atoms with Gasteiger partial charge in [0.2, 0.25) is 5.60 Å². The van der Waals surface area contributed by atoms with Crippen LogP contribution in [0.3, 0.4) is 0 Å². The topological polar surface area (TPSA) is 77.5 Å². The number of epoxide rings is 1. The third kappa shape index (κ3) is 6.20. The predicted octanol–water partition coefficient (Wildman–Crippen LogP) is 6.75. The number of hydrogen-bond acceptors (Lipinski definition) is 8. The maximum atomic E-state index is 14.6. The molecule has 5 heterocycles. The van der Waals surface area contributed by atoms with E-state index in [9.17, 15) is 4.79 Å². The molecule has 244 valence electrons. The number of fused-ring (bicyclic) bond motifs is 5. The molecule has 0 spiro atoms. The molecule has 1 aromatic carbocycles. The first-order valence-corrected chi connectivity index (χ1v) is 20.9. The summed E-state index contributed by atoms with van der Waals surface area (Å²) in [6.07, 6.45) is 3.48. The van der Waals surface area contributed by atoms with E-state index in [0.717, 1.165) is 51.4 Å². The summed E-state index contributed by atoms with van der Waals surface area (Å²) in [5.74, 6) is 0.574. The monoisotopic (exact) mass is 670 g/mol. The van der Waals surface area contributed by atoms with Crippen molar-refractivity contribution >= 4 is 37.0 Å². The summed E-state index contributed by atoms with van der Waals surface area (Å²) in [4.78, 5) is 16.4. The highest BCUT2D eigenvalue weighted by molar-refractivity contribution is 7.12. The molecule has 2 bridgehead atoms. The number of piperidine rings is 1. The zero-order valence-electron chi connectivity index (χ0n) is 27.4. The van der Waals surface area contributed by atoms with Crippen molar-refractivity contribution < 1.29 is 33.0 Å². The van der Waals surface area contributed by atoms with Gasteiger partial charge in [-0.2, -0.15) is 0 Å². The second-order valence-corrected chi connectivity index (χ2v) is 21.2. The molecule has 0 aliphatic carbocycles. The Kier molecular flexibility index (Phi) is 9.15. The lowest BCUT2D eigenvalue weighted by Gasteiger charge is -2.49. The average molecular weight is 671 g/mol. The fraction of sp³-hybridized carbons (Fsp3) is 0.571. The Morgan fingerprint density at radius 3 is 2.11 bits per heavy atom. The summed E-state index contributed by atoms with van der Waals surface area (Å²) in [6.45, 7) is 12.8. The molecule has 3 aliphatic heterocycles. The minimum absolute atomic E-state index is 0.0814. The van der Waals surface area contributed by atoms with Gasteiger partial charge in [0.05, 0.1) is 30.0 Å². The van der Waals surface area contributed by atoms with Gasteiger partial charge < -0.3 is 28.2 Å². The van der Waals surface area contributed by atoms with Crippen LogP contribution in [-0.4, -0.2) is 81.1 Å². The molecule has 45 heavy (non-hydrogen) atoms. The molecule has 6 rings (SSSR count). The molecule has 3 aromatic rings. The summed E-state index contributed by atoms with van der Waals surface area (Å²) >= 11 is 3.12. The summed E-state index contributed by atoms with van der Waals surface area (Å²) in [6, 6.07) is 16.6. The number of aliphatic hydroxyl groups is 1. The molecule has 3 fully saturated rings. The average Bonchev–Trinajstić information content (AvgIpc) is 3.29. The number of carbonyl (C=O) groups is 1. The Morgan fingerprint density at radius 1 is 1.00 bits per heavy atom. The van der Waals surface area contributed by atoms with Gasteiger partial charge in [0.25, 0.3) is 0 Å². The van der Waals surface area contributed by atoms with Gasteiger partial charge in [-0.05, 0) is 65.1 Å². The quantitative estimate of drug-likeness (QED) is 0.0713. The van der Waals surface area contributed by atoms with E-state index in [4.69, 9.17) is 23.7 Å². The fourth-order valence-electron chi connectivity index (χ4n) is 7.15. The third-order valence-electron chi connectivity index (χ3n) is 10.7. The highest BCUT2D eigenvalue weighted by Crippen LogP contribution is 2.54. The maximum Gasteiger partial charge on any atom is 0.348 e. The van der Waals surface area contributed by atoms with E-state index in [1.807, 2.05) is 59.3 Å². The van der Waals surface area contributed by atoms with E-state index >= 15 is 0 Å². The number of rotatable bonds is 13. The number of hydrogen-bond donors (Lipinski definition) is 1. The summed E-state index contributed by atoms with van der Waals surface area (Å²) in [5.41, 5.74) is -0.163. The Balaban J connectivity index is 1.16. The molecular weight excluding hydrogens is 623 g/mol. The van der Waals surface area contributed by atoms with Crippen molar-refractivity contribution in [3.63, 3.8) is 0 Å². The molecule has 0 radical (unpaired) electrons. The van der Waals surface area contributed by atoms with Crippen molar-refractivity contribution in [1.82, 2.24) is 0 Å². The largest absolute Gasteiger partial charge is 0.493 e. The van der Waals surface area contributed by atoms with Gasteiger partial charge in [0, 0.05) is 25.9 Å². The molecule has 3 aliphatic rings. The second kappa shape index (κ2) is 12.5. The molecule has 0 amide bonds. The Hall–Kier alpha value is -2.05.